The lowest BCUT2D eigenvalue weighted by molar-refractivity contribution is -0.132. The Morgan fingerprint density at radius 1 is 1.67 bits per heavy atom. The smallest absolute Gasteiger partial charge is 0.364 e. The first kappa shape index (κ1) is 11.0. The molecule has 0 bridgehead atoms. The number of ether oxygens (including phenoxy) is 1. The number of carbonyl (C=O) groups is 1. The topological polar surface area (TPSA) is 113 Å². The molecule has 8 nitrogen and oxygen atoms in total. The van der Waals surface area contributed by atoms with E-state index in [4.69, 9.17) is 10.6 Å². The maximum absolute atomic E-state index is 11.2. The summed E-state index contributed by atoms with van der Waals surface area (Å²) in [4.78, 5) is 19.6. The second kappa shape index (κ2) is 4.94. The quantitative estimate of drug-likeness (QED) is 0.410. The van der Waals surface area contributed by atoms with Crippen molar-refractivity contribution in [3.05, 3.63) is 5.82 Å². The highest BCUT2D eigenvalue weighted by Crippen LogP contribution is 2.01. The van der Waals surface area contributed by atoms with Crippen LogP contribution >= 0.6 is 0 Å². The predicted octanol–water partition coefficient (Wildman–Crippen LogP) is -0.435. The van der Waals surface area contributed by atoms with Crippen LogP contribution in [0.1, 0.15) is 12.7 Å². The number of carbonyl (C=O) groups excluding carboxylic acids is 1. The van der Waals surface area contributed by atoms with Crippen LogP contribution < -0.4 is 5.73 Å². The van der Waals surface area contributed by atoms with Gasteiger partial charge in [-0.2, -0.15) is 4.98 Å². The average molecular weight is 214 g/mol. The van der Waals surface area contributed by atoms with E-state index < -0.39 is 5.97 Å². The van der Waals surface area contributed by atoms with Crippen LogP contribution in [0.4, 0.5) is 6.01 Å². The molecule has 0 spiro atoms. The fourth-order valence-electron chi connectivity index (χ4n) is 0.727. The number of nitrogens with two attached hydrogens (primary N) is 1. The summed E-state index contributed by atoms with van der Waals surface area (Å²) in [6.07, 6.45) is 0. The first-order valence-electron chi connectivity index (χ1n) is 4.06. The lowest BCUT2D eigenvalue weighted by Crippen LogP contribution is -2.19. The Kier molecular flexibility index (Phi) is 3.61. The second-order valence-corrected chi connectivity index (χ2v) is 2.31. The molecule has 0 aliphatic rings. The minimum absolute atomic E-state index is 0.0761. The molecule has 0 fully saturated rings. The van der Waals surface area contributed by atoms with Gasteiger partial charge in [0, 0.05) is 0 Å². The molecule has 0 aromatic carbocycles. The van der Waals surface area contributed by atoms with Gasteiger partial charge < -0.3 is 19.8 Å². The van der Waals surface area contributed by atoms with E-state index in [-0.39, 0.29) is 17.6 Å². The van der Waals surface area contributed by atoms with E-state index >= 15 is 0 Å². The second-order valence-electron chi connectivity index (χ2n) is 2.31. The van der Waals surface area contributed by atoms with E-state index in [2.05, 4.69) is 24.6 Å². The Labute approximate surface area is 85.0 Å². The molecule has 2 N–H and O–H groups in total. The minimum atomic E-state index is -0.732. The number of hydrogen-bond donors (Lipinski definition) is 1. The molecule has 0 radical (unpaired) electrons. The molecular weight excluding hydrogens is 204 g/mol. The molecule has 0 saturated heterocycles. The zero-order valence-corrected chi connectivity index (χ0v) is 8.26. The molecule has 1 heterocycles. The number of anilines is 1. The van der Waals surface area contributed by atoms with E-state index in [0.29, 0.717) is 6.61 Å². The summed E-state index contributed by atoms with van der Waals surface area (Å²) < 4.78 is 8.95. The molecule has 0 saturated carbocycles. The van der Waals surface area contributed by atoms with Gasteiger partial charge in [0.2, 0.25) is 11.5 Å². The molecule has 8 heteroatoms. The number of rotatable bonds is 4. The molecule has 15 heavy (non-hydrogen) atoms. The Morgan fingerprint density at radius 2 is 2.40 bits per heavy atom. The number of esters is 1. The van der Waals surface area contributed by atoms with Gasteiger partial charge in [0.1, 0.15) is 6.61 Å². The average Bonchev–Trinajstić information content (AvgIpc) is 2.65. The van der Waals surface area contributed by atoms with E-state index in [1.54, 1.807) is 6.92 Å². The van der Waals surface area contributed by atoms with Crippen LogP contribution in [0.3, 0.4) is 0 Å². The van der Waals surface area contributed by atoms with Crippen molar-refractivity contribution < 1.29 is 18.9 Å². The van der Waals surface area contributed by atoms with Crippen LogP contribution in [-0.4, -0.2) is 35.5 Å². The molecule has 0 amide bonds. The van der Waals surface area contributed by atoms with Gasteiger partial charge in [-0.05, 0) is 6.92 Å². The molecule has 82 valence electrons. The van der Waals surface area contributed by atoms with Crippen molar-refractivity contribution in [2.24, 2.45) is 5.16 Å². The first-order valence-corrected chi connectivity index (χ1v) is 4.06. The molecule has 0 aliphatic heterocycles. The normalized spacial score (nSPS) is 11.2. The van der Waals surface area contributed by atoms with E-state index in [0.717, 1.165) is 0 Å². The van der Waals surface area contributed by atoms with Gasteiger partial charge in [0.05, 0.1) is 7.11 Å². The summed E-state index contributed by atoms with van der Waals surface area (Å²) in [6, 6.07) is -0.168. The number of hydrogen-bond acceptors (Lipinski definition) is 8. The number of methoxy groups -OCH3 is 1. The van der Waals surface area contributed by atoms with Gasteiger partial charge in [0.15, 0.2) is 0 Å². The maximum atomic E-state index is 11.2. The lowest BCUT2D eigenvalue weighted by atomic mass is 10.4. The van der Waals surface area contributed by atoms with Crippen molar-refractivity contribution in [3.8, 4) is 0 Å². The van der Waals surface area contributed by atoms with Crippen LogP contribution in [0.15, 0.2) is 9.68 Å². The Hall–Kier alpha value is -2.12. The molecule has 1 aromatic heterocycles. The molecule has 0 unspecified atom stereocenters. The van der Waals surface area contributed by atoms with Crippen molar-refractivity contribution >= 4 is 17.7 Å². The standard InChI is InChI=1S/C7H10N4O4/c1-3-14-10-4(6(12)13-2)5-9-7(8)15-11-5/h3H2,1-2H3,(H2,8,9,11). The van der Waals surface area contributed by atoms with Crippen molar-refractivity contribution in [3.63, 3.8) is 0 Å². The fraction of sp³-hybridized carbons (Fsp3) is 0.429. The van der Waals surface area contributed by atoms with Gasteiger partial charge in [-0.25, -0.2) is 4.79 Å². The summed E-state index contributed by atoms with van der Waals surface area (Å²) in [5.41, 5.74) is 5.00. The van der Waals surface area contributed by atoms with E-state index in [1.807, 2.05) is 0 Å². The van der Waals surface area contributed by atoms with Crippen LogP contribution in [0, 0.1) is 0 Å². The summed E-state index contributed by atoms with van der Waals surface area (Å²) in [7, 11) is 1.20. The third kappa shape index (κ3) is 2.66. The van der Waals surface area contributed by atoms with Crippen molar-refractivity contribution in [2.45, 2.75) is 6.92 Å². The zero-order chi connectivity index (χ0) is 11.3. The summed E-state index contributed by atoms with van der Waals surface area (Å²) in [5.74, 6) is -0.808. The number of aromatic nitrogens is 2. The summed E-state index contributed by atoms with van der Waals surface area (Å²) >= 11 is 0. The minimum Gasteiger partial charge on any atom is -0.464 e. The molecule has 0 aliphatic carbocycles. The van der Waals surface area contributed by atoms with Crippen molar-refractivity contribution in [2.75, 3.05) is 19.5 Å². The van der Waals surface area contributed by atoms with Crippen LogP contribution in [0.25, 0.3) is 0 Å². The number of oxime groups is 1. The zero-order valence-electron chi connectivity index (χ0n) is 8.26. The fourth-order valence-corrected chi connectivity index (χ4v) is 0.727. The van der Waals surface area contributed by atoms with E-state index in [1.165, 1.54) is 7.11 Å². The Bertz CT molecular complexity index is 373. The van der Waals surface area contributed by atoms with Gasteiger partial charge in [0.25, 0.3) is 0 Å². The predicted molar refractivity (Wildman–Crippen MR) is 48.9 cm³/mol. The van der Waals surface area contributed by atoms with E-state index in [9.17, 15) is 4.79 Å². The van der Waals surface area contributed by atoms with Crippen LogP contribution in [0.2, 0.25) is 0 Å². The van der Waals surface area contributed by atoms with Crippen molar-refractivity contribution in [1.29, 1.82) is 0 Å². The van der Waals surface area contributed by atoms with Crippen molar-refractivity contribution in [1.82, 2.24) is 10.1 Å². The van der Waals surface area contributed by atoms with Gasteiger partial charge in [-0.1, -0.05) is 10.3 Å². The maximum Gasteiger partial charge on any atom is 0.364 e. The van der Waals surface area contributed by atoms with Crippen LogP contribution in [0.5, 0.6) is 0 Å². The SMILES string of the molecule is CCON=C(C(=O)OC)c1noc(N)n1. The van der Waals surface area contributed by atoms with Gasteiger partial charge in [-0.3, -0.25) is 0 Å². The summed E-state index contributed by atoms with van der Waals surface area (Å²) in [5, 5.41) is 6.91. The molecule has 0 atom stereocenters. The lowest BCUT2D eigenvalue weighted by Gasteiger charge is -1.98. The number of nitrogens with zero attached hydrogens (tertiary/aromatic N) is 3. The Balaban J connectivity index is 2.95. The third-order valence-electron chi connectivity index (χ3n) is 1.32. The van der Waals surface area contributed by atoms with Gasteiger partial charge >= 0.3 is 12.0 Å². The van der Waals surface area contributed by atoms with Gasteiger partial charge in [-0.15, -0.1) is 0 Å². The molecule has 1 rings (SSSR count). The Morgan fingerprint density at radius 3 is 2.87 bits per heavy atom. The highest BCUT2D eigenvalue weighted by molar-refractivity contribution is 6.42. The molecule has 1 aromatic rings. The highest BCUT2D eigenvalue weighted by Gasteiger charge is 2.21. The monoisotopic (exact) mass is 214 g/mol. The third-order valence-corrected chi connectivity index (χ3v) is 1.32. The largest absolute Gasteiger partial charge is 0.464 e. The van der Waals surface area contributed by atoms with Crippen LogP contribution in [-0.2, 0) is 14.4 Å². The first-order chi connectivity index (χ1) is 7.19. The highest BCUT2D eigenvalue weighted by atomic mass is 16.6. The number of nitrogen functional groups attached to an aromatic ring is 1. The molecular formula is C7H10N4O4. The summed E-state index contributed by atoms with van der Waals surface area (Å²) in [6.45, 7) is 2.01.